The molecule has 1 amide bonds. The second-order valence-corrected chi connectivity index (χ2v) is 8.37. The molecule has 0 aromatic carbocycles. The molecule has 0 bridgehead atoms. The molecule has 3 N–H and O–H groups in total. The molecule has 2 fully saturated rings. The van der Waals surface area contributed by atoms with Gasteiger partial charge in [0.05, 0.1) is 0 Å². The van der Waals surface area contributed by atoms with Crippen molar-refractivity contribution in [3.63, 3.8) is 0 Å². The topological polar surface area (TPSA) is 55.1 Å². The van der Waals surface area contributed by atoms with Crippen molar-refractivity contribution in [1.82, 2.24) is 5.32 Å². The minimum atomic E-state index is 0. The molecule has 3 nitrogen and oxygen atoms in total. The Morgan fingerprint density at radius 2 is 2.00 bits per heavy atom. The van der Waals surface area contributed by atoms with Crippen molar-refractivity contribution in [1.29, 1.82) is 0 Å². The number of carbonyl (C=O) groups excluding carboxylic acids is 1. The third-order valence-electron chi connectivity index (χ3n) is 4.29. The van der Waals surface area contributed by atoms with E-state index in [1.807, 2.05) is 23.5 Å². The number of thioether (sulfide) groups is 2. The van der Waals surface area contributed by atoms with Crippen LogP contribution < -0.4 is 11.1 Å². The molecule has 0 aromatic rings. The SMILES string of the molecule is Cl.NCC1(CC(=O)NCC2CSCCS2)CCCCC1. The van der Waals surface area contributed by atoms with Gasteiger partial charge in [0.1, 0.15) is 0 Å². The number of hydrogen-bond acceptors (Lipinski definition) is 4. The number of rotatable bonds is 5. The fourth-order valence-corrected chi connectivity index (χ4v) is 5.65. The number of amides is 1. The Kier molecular flexibility index (Phi) is 8.72. The third kappa shape index (κ3) is 5.66. The molecule has 118 valence electrons. The summed E-state index contributed by atoms with van der Waals surface area (Å²) in [5, 5.41) is 3.73. The molecule has 0 aromatic heterocycles. The number of nitrogens with two attached hydrogens (primary N) is 1. The lowest BCUT2D eigenvalue weighted by atomic mass is 9.71. The largest absolute Gasteiger partial charge is 0.355 e. The highest BCUT2D eigenvalue weighted by atomic mass is 35.5. The van der Waals surface area contributed by atoms with E-state index in [2.05, 4.69) is 5.32 Å². The van der Waals surface area contributed by atoms with Crippen LogP contribution in [0.5, 0.6) is 0 Å². The molecule has 1 saturated heterocycles. The van der Waals surface area contributed by atoms with Gasteiger partial charge in [-0.2, -0.15) is 23.5 Å². The first-order valence-electron chi connectivity index (χ1n) is 7.40. The Balaban J connectivity index is 0.00000200. The smallest absolute Gasteiger partial charge is 0.220 e. The molecule has 0 spiro atoms. The van der Waals surface area contributed by atoms with Crippen LogP contribution in [0.3, 0.4) is 0 Å². The Hall–Kier alpha value is 0.420. The van der Waals surface area contributed by atoms with Crippen molar-refractivity contribution in [2.24, 2.45) is 11.1 Å². The fourth-order valence-electron chi connectivity index (χ4n) is 3.04. The van der Waals surface area contributed by atoms with Crippen molar-refractivity contribution >= 4 is 41.8 Å². The van der Waals surface area contributed by atoms with Crippen molar-refractivity contribution in [2.75, 3.05) is 30.3 Å². The molecule has 0 radical (unpaired) electrons. The number of hydrogen-bond donors (Lipinski definition) is 2. The Labute approximate surface area is 137 Å². The maximum absolute atomic E-state index is 12.1. The second kappa shape index (κ2) is 9.44. The molecule has 2 aliphatic rings. The maximum Gasteiger partial charge on any atom is 0.220 e. The molecule has 1 atom stereocenters. The minimum Gasteiger partial charge on any atom is -0.355 e. The van der Waals surface area contributed by atoms with Crippen molar-refractivity contribution in [2.45, 2.75) is 43.8 Å². The average molecular weight is 339 g/mol. The van der Waals surface area contributed by atoms with E-state index in [1.165, 1.54) is 36.5 Å². The first-order chi connectivity index (χ1) is 9.24. The molecule has 1 aliphatic heterocycles. The normalized spacial score (nSPS) is 25.6. The summed E-state index contributed by atoms with van der Waals surface area (Å²) in [4.78, 5) is 12.1. The van der Waals surface area contributed by atoms with Gasteiger partial charge in [0.2, 0.25) is 5.91 Å². The molecule has 1 aliphatic carbocycles. The van der Waals surface area contributed by atoms with Crippen LogP contribution in [-0.2, 0) is 4.79 Å². The molecular formula is C14H27ClN2OS2. The Morgan fingerprint density at radius 1 is 1.25 bits per heavy atom. The van der Waals surface area contributed by atoms with E-state index < -0.39 is 0 Å². The molecule has 2 rings (SSSR count). The van der Waals surface area contributed by atoms with Gasteiger partial charge >= 0.3 is 0 Å². The van der Waals surface area contributed by atoms with E-state index in [0.717, 1.165) is 19.4 Å². The van der Waals surface area contributed by atoms with E-state index in [4.69, 9.17) is 5.73 Å². The van der Waals surface area contributed by atoms with Gasteiger partial charge in [-0.15, -0.1) is 12.4 Å². The monoisotopic (exact) mass is 338 g/mol. The lowest BCUT2D eigenvalue weighted by Crippen LogP contribution is -2.40. The van der Waals surface area contributed by atoms with Gasteiger partial charge in [0.15, 0.2) is 0 Å². The summed E-state index contributed by atoms with van der Waals surface area (Å²) in [7, 11) is 0. The van der Waals surface area contributed by atoms with Crippen molar-refractivity contribution in [3.05, 3.63) is 0 Å². The predicted molar refractivity (Wildman–Crippen MR) is 93.0 cm³/mol. The van der Waals surface area contributed by atoms with Crippen LogP contribution in [0.2, 0.25) is 0 Å². The summed E-state index contributed by atoms with van der Waals surface area (Å²) in [5.41, 5.74) is 6.03. The van der Waals surface area contributed by atoms with Crippen LogP contribution >= 0.6 is 35.9 Å². The lowest BCUT2D eigenvalue weighted by Gasteiger charge is -2.35. The van der Waals surface area contributed by atoms with Crippen molar-refractivity contribution < 1.29 is 4.79 Å². The number of nitrogens with one attached hydrogen (secondary N) is 1. The highest BCUT2D eigenvalue weighted by molar-refractivity contribution is 8.06. The maximum atomic E-state index is 12.1. The highest BCUT2D eigenvalue weighted by Crippen LogP contribution is 2.38. The molecule has 20 heavy (non-hydrogen) atoms. The van der Waals surface area contributed by atoms with E-state index in [1.54, 1.807) is 0 Å². The highest BCUT2D eigenvalue weighted by Gasteiger charge is 2.33. The van der Waals surface area contributed by atoms with Gasteiger partial charge in [-0.1, -0.05) is 19.3 Å². The molecule has 1 saturated carbocycles. The third-order valence-corrected chi connectivity index (χ3v) is 7.14. The summed E-state index contributed by atoms with van der Waals surface area (Å²) >= 11 is 4.00. The van der Waals surface area contributed by atoms with E-state index in [-0.39, 0.29) is 23.7 Å². The van der Waals surface area contributed by atoms with E-state index >= 15 is 0 Å². The number of halogens is 1. The molecule has 1 heterocycles. The van der Waals surface area contributed by atoms with E-state index in [9.17, 15) is 4.79 Å². The average Bonchev–Trinajstić information content (AvgIpc) is 2.47. The van der Waals surface area contributed by atoms with Gasteiger partial charge < -0.3 is 11.1 Å². The van der Waals surface area contributed by atoms with Gasteiger partial charge in [-0.25, -0.2) is 0 Å². The Morgan fingerprint density at radius 3 is 2.60 bits per heavy atom. The van der Waals surface area contributed by atoms with Crippen LogP contribution in [0.1, 0.15) is 38.5 Å². The zero-order valence-corrected chi connectivity index (χ0v) is 14.5. The molecular weight excluding hydrogens is 312 g/mol. The summed E-state index contributed by atoms with van der Waals surface area (Å²) < 4.78 is 0. The molecule has 1 unspecified atom stereocenters. The first-order valence-corrected chi connectivity index (χ1v) is 9.61. The quantitative estimate of drug-likeness (QED) is 0.809. The Bertz CT molecular complexity index is 293. The van der Waals surface area contributed by atoms with Gasteiger partial charge in [-0.05, 0) is 24.8 Å². The van der Waals surface area contributed by atoms with Gasteiger partial charge in [0.25, 0.3) is 0 Å². The first kappa shape index (κ1) is 18.5. The summed E-state index contributed by atoms with van der Waals surface area (Å²) in [6, 6.07) is 0. The van der Waals surface area contributed by atoms with Crippen LogP contribution in [0, 0.1) is 5.41 Å². The van der Waals surface area contributed by atoms with Crippen molar-refractivity contribution in [3.8, 4) is 0 Å². The standard InChI is InChI=1S/C14H26N2OS2.ClH/c15-11-14(4-2-1-3-5-14)8-13(17)16-9-12-10-18-6-7-19-12;/h12H,1-11,15H2,(H,16,17);1H. The van der Waals surface area contributed by atoms with Crippen LogP contribution in [0.15, 0.2) is 0 Å². The van der Waals surface area contributed by atoms with Crippen LogP contribution in [-0.4, -0.2) is 41.5 Å². The van der Waals surface area contributed by atoms with Gasteiger partial charge in [-0.3, -0.25) is 4.79 Å². The second-order valence-electron chi connectivity index (χ2n) is 5.81. The fraction of sp³-hybridized carbons (Fsp3) is 0.929. The van der Waals surface area contributed by atoms with Gasteiger partial charge in [0, 0.05) is 35.5 Å². The van der Waals surface area contributed by atoms with Crippen LogP contribution in [0.25, 0.3) is 0 Å². The molecule has 6 heteroatoms. The minimum absolute atomic E-state index is 0. The van der Waals surface area contributed by atoms with Crippen LogP contribution in [0.4, 0.5) is 0 Å². The summed E-state index contributed by atoms with van der Waals surface area (Å²) in [6.07, 6.45) is 6.67. The lowest BCUT2D eigenvalue weighted by molar-refractivity contribution is -0.123. The predicted octanol–water partition coefficient (Wildman–Crippen LogP) is 2.67. The summed E-state index contributed by atoms with van der Waals surface area (Å²) in [6.45, 7) is 1.49. The zero-order chi connectivity index (χ0) is 13.6. The number of carbonyl (C=O) groups is 1. The summed E-state index contributed by atoms with van der Waals surface area (Å²) in [5.74, 6) is 3.86. The van der Waals surface area contributed by atoms with E-state index in [0.29, 0.717) is 18.2 Å². The zero-order valence-electron chi connectivity index (χ0n) is 12.1.